The first-order valence-electron chi connectivity index (χ1n) is 9.00. The Bertz CT molecular complexity index is 1010. The summed E-state index contributed by atoms with van der Waals surface area (Å²) in [4.78, 5) is 14.8. The van der Waals surface area contributed by atoms with Crippen molar-refractivity contribution in [1.29, 1.82) is 0 Å². The van der Waals surface area contributed by atoms with Gasteiger partial charge in [-0.25, -0.2) is 0 Å². The van der Waals surface area contributed by atoms with E-state index < -0.39 is 10.0 Å². The Kier molecular flexibility index (Phi) is 4.47. The van der Waals surface area contributed by atoms with Gasteiger partial charge in [-0.15, -0.1) is 4.40 Å². The highest BCUT2D eigenvalue weighted by molar-refractivity contribution is 7.90. The molecule has 0 aliphatic carbocycles. The van der Waals surface area contributed by atoms with Gasteiger partial charge in [-0.1, -0.05) is 12.1 Å². The third kappa shape index (κ3) is 3.34. The molecule has 0 spiro atoms. The van der Waals surface area contributed by atoms with Crippen LogP contribution in [-0.2, 0) is 21.4 Å². The Morgan fingerprint density at radius 3 is 2.93 bits per heavy atom. The number of aromatic nitrogens is 2. The number of benzene rings is 1. The summed E-state index contributed by atoms with van der Waals surface area (Å²) in [5.74, 6) is 0.133. The summed E-state index contributed by atoms with van der Waals surface area (Å²) in [6, 6.07) is 6.83. The van der Waals surface area contributed by atoms with Gasteiger partial charge in [-0.05, 0) is 31.9 Å². The summed E-state index contributed by atoms with van der Waals surface area (Å²) in [6.45, 7) is 3.84. The number of sulfonamides is 1. The highest BCUT2D eigenvalue weighted by Crippen LogP contribution is 2.30. The molecule has 1 aromatic carbocycles. The van der Waals surface area contributed by atoms with Gasteiger partial charge in [0, 0.05) is 31.4 Å². The van der Waals surface area contributed by atoms with Gasteiger partial charge in [-0.3, -0.25) is 9.48 Å². The van der Waals surface area contributed by atoms with E-state index in [1.165, 1.54) is 0 Å². The van der Waals surface area contributed by atoms with E-state index in [1.54, 1.807) is 41.3 Å². The van der Waals surface area contributed by atoms with Crippen molar-refractivity contribution in [1.82, 2.24) is 14.7 Å². The second-order valence-corrected chi connectivity index (χ2v) is 8.32. The van der Waals surface area contributed by atoms with Crippen molar-refractivity contribution in [3.05, 3.63) is 42.2 Å². The van der Waals surface area contributed by atoms with Crippen LogP contribution in [0.1, 0.15) is 25.3 Å². The van der Waals surface area contributed by atoms with Crippen LogP contribution in [0.3, 0.4) is 0 Å². The van der Waals surface area contributed by atoms with Crippen LogP contribution in [0.5, 0.6) is 0 Å². The summed E-state index contributed by atoms with van der Waals surface area (Å²) in [5, 5.41) is 7.06. The fraction of sp³-hybridized carbons (Fsp3) is 0.389. The fourth-order valence-corrected chi connectivity index (χ4v) is 4.77. The predicted molar refractivity (Wildman–Crippen MR) is 101 cm³/mol. The molecule has 0 radical (unpaired) electrons. The molecule has 0 saturated carbocycles. The minimum atomic E-state index is -3.66. The topological polar surface area (TPSA) is 96.7 Å². The van der Waals surface area contributed by atoms with E-state index in [1.807, 2.05) is 11.8 Å². The summed E-state index contributed by atoms with van der Waals surface area (Å²) in [6.07, 6.45) is 4.98. The number of rotatable bonds is 3. The van der Waals surface area contributed by atoms with Crippen LogP contribution in [0, 0.1) is 5.92 Å². The van der Waals surface area contributed by atoms with Gasteiger partial charge < -0.3 is 10.2 Å². The molecule has 1 amide bonds. The minimum Gasteiger partial charge on any atom is -0.355 e. The molecule has 4 rings (SSSR count). The summed E-state index contributed by atoms with van der Waals surface area (Å²) >= 11 is 0. The van der Waals surface area contributed by atoms with Gasteiger partial charge in [0.25, 0.3) is 10.0 Å². The van der Waals surface area contributed by atoms with E-state index in [-0.39, 0.29) is 16.7 Å². The molecule has 9 heteroatoms. The van der Waals surface area contributed by atoms with Crippen molar-refractivity contribution in [3.8, 4) is 0 Å². The van der Waals surface area contributed by atoms with Crippen molar-refractivity contribution >= 4 is 27.5 Å². The Morgan fingerprint density at radius 1 is 1.33 bits per heavy atom. The van der Waals surface area contributed by atoms with Gasteiger partial charge >= 0.3 is 0 Å². The summed E-state index contributed by atoms with van der Waals surface area (Å²) in [7, 11) is -3.66. The molecular formula is C18H21N5O3S. The lowest BCUT2D eigenvalue weighted by Crippen LogP contribution is -2.43. The van der Waals surface area contributed by atoms with Gasteiger partial charge in [0.05, 0.1) is 17.8 Å². The van der Waals surface area contributed by atoms with E-state index in [4.69, 9.17) is 0 Å². The van der Waals surface area contributed by atoms with Crippen LogP contribution in [0.15, 0.2) is 46.0 Å². The van der Waals surface area contributed by atoms with Crippen LogP contribution in [0.2, 0.25) is 0 Å². The van der Waals surface area contributed by atoms with Crippen LogP contribution < -0.4 is 5.32 Å². The lowest BCUT2D eigenvalue weighted by molar-refractivity contribution is -0.121. The van der Waals surface area contributed by atoms with Gasteiger partial charge in [0.2, 0.25) is 5.91 Å². The molecule has 1 aromatic heterocycles. The molecule has 1 fully saturated rings. The number of likely N-dealkylation sites (tertiary alicyclic amines) is 1. The number of fused-ring (bicyclic) bond motifs is 1. The second kappa shape index (κ2) is 6.80. The van der Waals surface area contributed by atoms with Crippen molar-refractivity contribution in [2.24, 2.45) is 10.3 Å². The number of piperidine rings is 1. The number of amides is 1. The third-order valence-corrected chi connectivity index (χ3v) is 6.25. The van der Waals surface area contributed by atoms with Gasteiger partial charge in [0.15, 0.2) is 5.84 Å². The molecule has 1 atom stereocenters. The average molecular weight is 387 g/mol. The zero-order valence-electron chi connectivity index (χ0n) is 15.0. The average Bonchev–Trinajstić information content (AvgIpc) is 3.24. The highest BCUT2D eigenvalue weighted by atomic mass is 32.2. The Balaban J connectivity index is 1.51. The molecule has 1 unspecified atom stereocenters. The van der Waals surface area contributed by atoms with Crippen molar-refractivity contribution < 1.29 is 13.2 Å². The maximum absolute atomic E-state index is 12.7. The first kappa shape index (κ1) is 17.7. The number of aryl methyl sites for hydroxylation is 1. The highest BCUT2D eigenvalue weighted by Gasteiger charge is 2.35. The van der Waals surface area contributed by atoms with Crippen LogP contribution in [0.4, 0.5) is 5.69 Å². The molecule has 2 aliphatic rings. The van der Waals surface area contributed by atoms with Crippen LogP contribution in [-0.4, -0.2) is 47.9 Å². The minimum absolute atomic E-state index is 0.0786. The molecule has 3 heterocycles. The Hall–Kier alpha value is -2.68. The van der Waals surface area contributed by atoms with E-state index in [2.05, 4.69) is 14.8 Å². The van der Waals surface area contributed by atoms with E-state index >= 15 is 0 Å². The number of anilines is 1. The van der Waals surface area contributed by atoms with E-state index in [0.29, 0.717) is 30.2 Å². The molecule has 1 N–H and O–H groups in total. The molecule has 142 valence electrons. The number of carbonyl (C=O) groups is 1. The first-order valence-corrected chi connectivity index (χ1v) is 10.4. The monoisotopic (exact) mass is 387 g/mol. The fourth-order valence-electron chi connectivity index (χ4n) is 3.55. The lowest BCUT2D eigenvalue weighted by atomic mass is 9.96. The number of hydrogen-bond donors (Lipinski definition) is 1. The summed E-state index contributed by atoms with van der Waals surface area (Å²) < 4.78 is 30.3. The molecular weight excluding hydrogens is 366 g/mol. The summed E-state index contributed by atoms with van der Waals surface area (Å²) in [5.41, 5.74) is 1.29. The largest absolute Gasteiger partial charge is 0.355 e. The van der Waals surface area contributed by atoms with Gasteiger partial charge in [0.1, 0.15) is 4.90 Å². The third-order valence-electron chi connectivity index (χ3n) is 4.93. The lowest BCUT2D eigenvalue weighted by Gasteiger charge is -2.33. The van der Waals surface area contributed by atoms with E-state index in [9.17, 15) is 13.2 Å². The Labute approximate surface area is 157 Å². The molecule has 1 saturated heterocycles. The molecule has 27 heavy (non-hydrogen) atoms. The number of carbonyl (C=O) groups excluding carboxylic acids is 1. The zero-order chi connectivity index (χ0) is 19.0. The Morgan fingerprint density at radius 2 is 2.15 bits per heavy atom. The number of hydrogen-bond acceptors (Lipinski definition) is 5. The molecule has 0 bridgehead atoms. The smallest absolute Gasteiger partial charge is 0.285 e. The molecule has 2 aromatic rings. The van der Waals surface area contributed by atoms with Crippen molar-refractivity contribution in [3.63, 3.8) is 0 Å². The predicted octanol–water partition coefficient (Wildman–Crippen LogP) is 1.70. The normalized spacial score (nSPS) is 20.9. The second-order valence-electron chi connectivity index (χ2n) is 6.75. The standard InChI is InChI=1S/C18H21N5O3S/c1-2-23-12-14(10-19-23)20-18(24)13-6-5-9-22(11-13)17-15-7-3-4-8-16(15)27(25,26)21-17/h3-4,7-8,10,12-13H,2,5-6,9,11H2,1H3,(H,20,24). The first-order chi connectivity index (χ1) is 13.0. The van der Waals surface area contributed by atoms with E-state index in [0.717, 1.165) is 19.4 Å². The van der Waals surface area contributed by atoms with Crippen LogP contribution in [0.25, 0.3) is 0 Å². The number of amidine groups is 1. The molecule has 8 nitrogen and oxygen atoms in total. The maximum Gasteiger partial charge on any atom is 0.285 e. The number of nitrogens with one attached hydrogen (secondary N) is 1. The molecule has 2 aliphatic heterocycles. The van der Waals surface area contributed by atoms with Crippen molar-refractivity contribution in [2.75, 3.05) is 18.4 Å². The SMILES string of the molecule is CCn1cc(NC(=O)C2CCCN(C3=NS(=O)(=O)c4ccccc43)C2)cn1. The number of nitrogens with zero attached hydrogens (tertiary/aromatic N) is 4. The quantitative estimate of drug-likeness (QED) is 0.865. The maximum atomic E-state index is 12.7. The van der Waals surface area contributed by atoms with Crippen LogP contribution >= 0.6 is 0 Å². The zero-order valence-corrected chi connectivity index (χ0v) is 15.8. The van der Waals surface area contributed by atoms with Gasteiger partial charge in [-0.2, -0.15) is 13.5 Å². The van der Waals surface area contributed by atoms with Crippen molar-refractivity contribution in [2.45, 2.75) is 31.2 Å².